The highest BCUT2D eigenvalue weighted by Crippen LogP contribution is 2.45. The molecule has 0 bridgehead atoms. The van der Waals surface area contributed by atoms with Crippen LogP contribution in [-0.2, 0) is 11.2 Å². The van der Waals surface area contributed by atoms with Gasteiger partial charge < -0.3 is 19.3 Å². The van der Waals surface area contributed by atoms with Crippen LogP contribution in [0.5, 0.6) is 17.2 Å². The number of aliphatic carboxylic acids is 1. The largest absolute Gasteiger partial charge is 0.495 e. The number of halogens is 1. The predicted octanol–water partition coefficient (Wildman–Crippen LogP) is 2.20. The molecule has 2 rings (SSSR count). The van der Waals surface area contributed by atoms with Gasteiger partial charge in [-0.05, 0) is 22.4 Å². The lowest BCUT2D eigenvalue weighted by atomic mass is 10.1. The molecule has 0 aromatic heterocycles. The van der Waals surface area contributed by atoms with Gasteiger partial charge in [0.15, 0.2) is 11.5 Å². The van der Waals surface area contributed by atoms with E-state index >= 15 is 0 Å². The fourth-order valence-electron chi connectivity index (χ4n) is 1.74. The molecule has 0 atom stereocenters. The molecule has 1 heterocycles. The molecular formula is C11H11BrO5. The number of fused-ring (bicyclic) bond motifs is 1. The Bertz CT molecular complexity index is 454. The molecule has 0 radical (unpaired) electrons. The number of rotatable bonds is 4. The molecule has 0 unspecified atom stereocenters. The van der Waals surface area contributed by atoms with Crippen LogP contribution in [0.25, 0.3) is 0 Å². The first-order chi connectivity index (χ1) is 8.13. The van der Waals surface area contributed by atoms with E-state index in [1.54, 1.807) is 6.07 Å². The van der Waals surface area contributed by atoms with E-state index in [1.165, 1.54) is 7.11 Å². The molecular weight excluding hydrogens is 292 g/mol. The summed E-state index contributed by atoms with van der Waals surface area (Å²) in [6, 6.07) is 1.76. The van der Waals surface area contributed by atoms with Gasteiger partial charge in [-0.3, -0.25) is 4.79 Å². The monoisotopic (exact) mass is 302 g/mol. The van der Waals surface area contributed by atoms with E-state index in [-0.39, 0.29) is 13.2 Å². The molecule has 1 aliphatic rings. The summed E-state index contributed by atoms with van der Waals surface area (Å²) in [5, 5.41) is 8.73. The molecule has 0 fully saturated rings. The zero-order valence-corrected chi connectivity index (χ0v) is 10.7. The maximum atomic E-state index is 10.6. The van der Waals surface area contributed by atoms with Gasteiger partial charge in [-0.15, -0.1) is 0 Å². The molecule has 6 heteroatoms. The molecule has 0 amide bonds. The molecule has 0 aliphatic carbocycles. The Morgan fingerprint density at radius 1 is 1.59 bits per heavy atom. The van der Waals surface area contributed by atoms with Crippen LogP contribution in [0.2, 0.25) is 0 Å². The Morgan fingerprint density at radius 2 is 2.35 bits per heavy atom. The highest BCUT2D eigenvalue weighted by molar-refractivity contribution is 9.10. The Balaban J connectivity index is 2.42. The van der Waals surface area contributed by atoms with Gasteiger partial charge in [-0.2, -0.15) is 0 Å². The van der Waals surface area contributed by atoms with Crippen LogP contribution in [0.4, 0.5) is 0 Å². The fourth-order valence-corrected chi connectivity index (χ4v) is 2.35. The number of carboxylic acid groups (broad SMARTS) is 1. The van der Waals surface area contributed by atoms with Gasteiger partial charge in [0, 0.05) is 18.1 Å². The Labute approximate surface area is 106 Å². The lowest BCUT2D eigenvalue weighted by molar-refractivity contribution is -0.136. The second kappa shape index (κ2) is 4.83. The van der Waals surface area contributed by atoms with E-state index in [1.807, 2.05) is 0 Å². The van der Waals surface area contributed by atoms with Crippen LogP contribution in [0.15, 0.2) is 10.5 Å². The Hall–Kier alpha value is -1.43. The molecule has 0 spiro atoms. The van der Waals surface area contributed by atoms with Crippen LogP contribution >= 0.6 is 15.9 Å². The van der Waals surface area contributed by atoms with Crippen molar-refractivity contribution in [2.24, 2.45) is 0 Å². The summed E-state index contributed by atoms with van der Waals surface area (Å²) in [7, 11) is 1.53. The molecule has 1 aromatic carbocycles. The summed E-state index contributed by atoms with van der Waals surface area (Å²) >= 11 is 3.36. The first-order valence-corrected chi connectivity index (χ1v) is 5.79. The van der Waals surface area contributed by atoms with Gasteiger partial charge in [0.1, 0.15) is 5.75 Å². The quantitative estimate of drug-likeness (QED) is 0.924. The average Bonchev–Trinajstić information content (AvgIpc) is 2.72. The summed E-state index contributed by atoms with van der Waals surface area (Å²) in [5.74, 6) is 0.916. The van der Waals surface area contributed by atoms with Gasteiger partial charge in [0.2, 0.25) is 6.79 Å². The van der Waals surface area contributed by atoms with Crippen molar-refractivity contribution < 1.29 is 24.1 Å². The maximum absolute atomic E-state index is 10.6. The maximum Gasteiger partial charge on any atom is 0.303 e. The standard InChI is InChI=1S/C11H11BrO5/c1-15-10-6(2-3-9(13)14)11-8(4-7(10)12)16-5-17-11/h4H,2-3,5H2,1H3,(H,13,14). The van der Waals surface area contributed by atoms with Crippen molar-refractivity contribution in [2.75, 3.05) is 13.9 Å². The Kier molecular flexibility index (Phi) is 3.42. The lowest BCUT2D eigenvalue weighted by Gasteiger charge is -2.12. The first-order valence-electron chi connectivity index (χ1n) is 5.00. The molecule has 0 saturated heterocycles. The number of hydrogen-bond donors (Lipinski definition) is 1. The van der Waals surface area contributed by atoms with Crippen molar-refractivity contribution in [1.29, 1.82) is 0 Å². The fraction of sp³-hybridized carbons (Fsp3) is 0.364. The summed E-state index contributed by atoms with van der Waals surface area (Å²) < 4.78 is 16.6. The topological polar surface area (TPSA) is 65.0 Å². The van der Waals surface area contributed by atoms with Crippen molar-refractivity contribution in [2.45, 2.75) is 12.8 Å². The SMILES string of the molecule is COc1c(Br)cc2c(c1CCC(=O)O)OCO2. The van der Waals surface area contributed by atoms with Crippen molar-refractivity contribution >= 4 is 21.9 Å². The second-order valence-electron chi connectivity index (χ2n) is 3.50. The van der Waals surface area contributed by atoms with E-state index in [0.29, 0.717) is 23.7 Å². The minimum Gasteiger partial charge on any atom is -0.495 e. The van der Waals surface area contributed by atoms with Crippen molar-refractivity contribution in [3.05, 3.63) is 16.1 Å². The average molecular weight is 303 g/mol. The van der Waals surface area contributed by atoms with E-state index in [2.05, 4.69) is 15.9 Å². The van der Waals surface area contributed by atoms with Gasteiger partial charge >= 0.3 is 5.97 Å². The van der Waals surface area contributed by atoms with Crippen LogP contribution in [-0.4, -0.2) is 25.0 Å². The van der Waals surface area contributed by atoms with Crippen LogP contribution in [0.1, 0.15) is 12.0 Å². The summed E-state index contributed by atoms with van der Waals surface area (Å²) in [6.45, 7) is 0.148. The van der Waals surface area contributed by atoms with Crippen LogP contribution < -0.4 is 14.2 Å². The highest BCUT2D eigenvalue weighted by atomic mass is 79.9. The summed E-state index contributed by atoms with van der Waals surface area (Å²) in [6.07, 6.45) is 0.353. The molecule has 1 aliphatic heterocycles. The van der Waals surface area contributed by atoms with Gasteiger partial charge in [0.05, 0.1) is 11.6 Å². The molecule has 5 nitrogen and oxygen atoms in total. The highest BCUT2D eigenvalue weighted by Gasteiger charge is 2.24. The van der Waals surface area contributed by atoms with Gasteiger partial charge in [0.25, 0.3) is 0 Å². The zero-order chi connectivity index (χ0) is 12.4. The number of benzene rings is 1. The predicted molar refractivity (Wildman–Crippen MR) is 62.8 cm³/mol. The smallest absolute Gasteiger partial charge is 0.303 e. The van der Waals surface area contributed by atoms with Crippen molar-refractivity contribution in [3.63, 3.8) is 0 Å². The summed E-state index contributed by atoms with van der Waals surface area (Å²) in [4.78, 5) is 10.6. The molecule has 17 heavy (non-hydrogen) atoms. The Morgan fingerprint density at radius 3 is 3.00 bits per heavy atom. The van der Waals surface area contributed by atoms with Gasteiger partial charge in [-0.1, -0.05) is 0 Å². The number of ether oxygens (including phenoxy) is 3. The van der Waals surface area contributed by atoms with E-state index in [4.69, 9.17) is 19.3 Å². The van der Waals surface area contributed by atoms with Crippen molar-refractivity contribution in [3.8, 4) is 17.2 Å². The zero-order valence-electron chi connectivity index (χ0n) is 9.16. The number of carboxylic acids is 1. The normalized spacial score (nSPS) is 12.6. The van der Waals surface area contributed by atoms with E-state index < -0.39 is 5.97 Å². The first kappa shape index (κ1) is 12.0. The molecule has 92 valence electrons. The minimum absolute atomic E-state index is 0.0165. The number of methoxy groups -OCH3 is 1. The molecule has 1 N–H and O–H groups in total. The van der Waals surface area contributed by atoms with Crippen LogP contribution in [0.3, 0.4) is 0 Å². The number of hydrogen-bond acceptors (Lipinski definition) is 4. The van der Waals surface area contributed by atoms with E-state index in [0.717, 1.165) is 10.0 Å². The third kappa shape index (κ3) is 2.31. The second-order valence-corrected chi connectivity index (χ2v) is 4.35. The molecule has 1 aromatic rings. The minimum atomic E-state index is -0.861. The van der Waals surface area contributed by atoms with Gasteiger partial charge in [-0.25, -0.2) is 0 Å². The third-order valence-electron chi connectivity index (χ3n) is 2.46. The molecule has 0 saturated carbocycles. The third-order valence-corrected chi connectivity index (χ3v) is 3.05. The summed E-state index contributed by atoms with van der Waals surface area (Å²) in [5.41, 5.74) is 0.719. The van der Waals surface area contributed by atoms with Crippen molar-refractivity contribution in [1.82, 2.24) is 0 Å². The van der Waals surface area contributed by atoms with E-state index in [9.17, 15) is 4.79 Å². The lowest BCUT2D eigenvalue weighted by Crippen LogP contribution is -2.01. The van der Waals surface area contributed by atoms with Crippen LogP contribution in [0, 0.1) is 0 Å². The number of carbonyl (C=O) groups is 1.